The summed E-state index contributed by atoms with van der Waals surface area (Å²) in [5.74, 6) is -0.00701. The predicted octanol–water partition coefficient (Wildman–Crippen LogP) is 1.80. The van der Waals surface area contributed by atoms with Crippen molar-refractivity contribution in [3.8, 4) is 0 Å². The van der Waals surface area contributed by atoms with E-state index >= 15 is 0 Å². The molecule has 1 N–H and O–H groups in total. The number of rotatable bonds is 2. The van der Waals surface area contributed by atoms with Crippen LogP contribution in [0, 0.1) is 5.41 Å². The summed E-state index contributed by atoms with van der Waals surface area (Å²) in [5, 5.41) is 2.91. The average Bonchev–Trinajstić information content (AvgIpc) is 2.46. The summed E-state index contributed by atoms with van der Waals surface area (Å²) in [4.78, 5) is 11.6. The molecule has 3 heteroatoms. The highest BCUT2D eigenvalue weighted by atomic mass is 16.1. The van der Waals surface area contributed by atoms with E-state index in [9.17, 15) is 4.79 Å². The van der Waals surface area contributed by atoms with Crippen LogP contribution in [-0.4, -0.2) is 17.0 Å². The number of carbonyl (C=O) groups excluding carboxylic acids is 1. The normalized spacial score (nSPS) is 11.4. The van der Waals surface area contributed by atoms with Crippen LogP contribution in [-0.2, 0) is 7.05 Å². The topological polar surface area (TPSA) is 34.0 Å². The number of amides is 1. The third-order valence-electron chi connectivity index (χ3n) is 1.96. The van der Waals surface area contributed by atoms with Crippen molar-refractivity contribution in [1.82, 2.24) is 9.88 Å². The fourth-order valence-corrected chi connectivity index (χ4v) is 1.13. The number of nitrogens with one attached hydrogen (secondary N) is 1. The summed E-state index contributed by atoms with van der Waals surface area (Å²) in [6.07, 6.45) is 1.87. The van der Waals surface area contributed by atoms with Gasteiger partial charge in [-0.25, -0.2) is 0 Å². The fourth-order valence-electron chi connectivity index (χ4n) is 1.13. The highest BCUT2D eigenvalue weighted by Gasteiger charge is 2.14. The number of hydrogen-bond acceptors (Lipinski definition) is 1. The van der Waals surface area contributed by atoms with Crippen LogP contribution in [0.25, 0.3) is 0 Å². The molecule has 1 amide bonds. The Bertz CT molecular complexity index is 320. The first-order valence-corrected chi connectivity index (χ1v) is 4.80. The van der Waals surface area contributed by atoms with Gasteiger partial charge in [0.25, 0.3) is 5.91 Å². The second kappa shape index (κ2) is 3.86. The quantitative estimate of drug-likeness (QED) is 0.765. The smallest absolute Gasteiger partial charge is 0.267 e. The zero-order valence-corrected chi connectivity index (χ0v) is 9.29. The van der Waals surface area contributed by atoms with Crippen LogP contribution in [0.2, 0.25) is 0 Å². The van der Waals surface area contributed by atoms with Gasteiger partial charge in [-0.3, -0.25) is 4.79 Å². The van der Waals surface area contributed by atoms with Gasteiger partial charge in [0, 0.05) is 19.8 Å². The number of aromatic nitrogens is 1. The molecule has 1 aromatic rings. The Morgan fingerprint density at radius 2 is 2.14 bits per heavy atom. The molecule has 0 saturated heterocycles. The second-order valence-corrected chi connectivity index (χ2v) is 4.75. The molecular formula is C11H18N2O. The highest BCUT2D eigenvalue weighted by Crippen LogP contribution is 2.10. The molecule has 1 aromatic heterocycles. The summed E-state index contributed by atoms with van der Waals surface area (Å²) in [7, 11) is 1.87. The van der Waals surface area contributed by atoms with E-state index in [0.29, 0.717) is 12.2 Å². The zero-order chi connectivity index (χ0) is 10.8. The number of nitrogens with zero attached hydrogens (tertiary/aromatic N) is 1. The third-order valence-corrected chi connectivity index (χ3v) is 1.96. The summed E-state index contributed by atoms with van der Waals surface area (Å²) in [5.41, 5.74) is 0.829. The van der Waals surface area contributed by atoms with Gasteiger partial charge >= 0.3 is 0 Å². The minimum Gasteiger partial charge on any atom is -0.350 e. The van der Waals surface area contributed by atoms with Crippen molar-refractivity contribution in [1.29, 1.82) is 0 Å². The van der Waals surface area contributed by atoms with E-state index in [1.54, 1.807) is 0 Å². The van der Waals surface area contributed by atoms with Crippen LogP contribution in [0.1, 0.15) is 31.3 Å². The maximum atomic E-state index is 11.6. The highest BCUT2D eigenvalue weighted by molar-refractivity contribution is 5.92. The van der Waals surface area contributed by atoms with Crippen molar-refractivity contribution in [3.63, 3.8) is 0 Å². The largest absolute Gasteiger partial charge is 0.350 e. The first-order valence-electron chi connectivity index (χ1n) is 4.80. The van der Waals surface area contributed by atoms with Gasteiger partial charge in [-0.05, 0) is 17.5 Å². The Morgan fingerprint density at radius 3 is 2.57 bits per heavy atom. The maximum Gasteiger partial charge on any atom is 0.267 e. The molecule has 0 aliphatic carbocycles. The van der Waals surface area contributed by atoms with Gasteiger partial charge in [-0.15, -0.1) is 0 Å². The standard InChI is InChI=1S/C11H18N2O/c1-11(2,3)8-12-10(14)9-6-5-7-13(9)4/h5-7H,8H2,1-4H3,(H,12,14). The van der Waals surface area contributed by atoms with Gasteiger partial charge in [0.05, 0.1) is 0 Å². The molecule has 0 unspecified atom stereocenters. The van der Waals surface area contributed by atoms with Crippen LogP contribution in [0.4, 0.5) is 0 Å². The van der Waals surface area contributed by atoms with Crippen LogP contribution in [0.15, 0.2) is 18.3 Å². The molecule has 3 nitrogen and oxygen atoms in total. The Hall–Kier alpha value is -1.25. The van der Waals surface area contributed by atoms with E-state index < -0.39 is 0 Å². The summed E-state index contributed by atoms with van der Waals surface area (Å²) in [6, 6.07) is 3.68. The number of carbonyl (C=O) groups is 1. The van der Waals surface area contributed by atoms with E-state index in [0.717, 1.165) is 0 Å². The molecule has 0 spiro atoms. The van der Waals surface area contributed by atoms with Gasteiger partial charge in [0.2, 0.25) is 0 Å². The summed E-state index contributed by atoms with van der Waals surface area (Å²) >= 11 is 0. The molecular weight excluding hydrogens is 176 g/mol. The van der Waals surface area contributed by atoms with Crippen molar-refractivity contribution in [2.75, 3.05) is 6.54 Å². The molecule has 1 rings (SSSR count). The van der Waals surface area contributed by atoms with Crippen molar-refractivity contribution in [3.05, 3.63) is 24.0 Å². The fraction of sp³-hybridized carbons (Fsp3) is 0.545. The zero-order valence-electron chi connectivity index (χ0n) is 9.29. The molecule has 0 saturated carbocycles. The molecule has 0 aliphatic heterocycles. The predicted molar refractivity (Wildman–Crippen MR) is 57.2 cm³/mol. The molecule has 0 radical (unpaired) electrons. The first-order chi connectivity index (χ1) is 6.40. The van der Waals surface area contributed by atoms with E-state index in [2.05, 4.69) is 26.1 Å². The van der Waals surface area contributed by atoms with E-state index in [-0.39, 0.29) is 11.3 Å². The van der Waals surface area contributed by atoms with E-state index in [1.807, 2.05) is 29.9 Å². The van der Waals surface area contributed by atoms with Crippen molar-refractivity contribution < 1.29 is 4.79 Å². The number of hydrogen-bond donors (Lipinski definition) is 1. The van der Waals surface area contributed by atoms with Gasteiger partial charge < -0.3 is 9.88 Å². The van der Waals surface area contributed by atoms with Crippen molar-refractivity contribution in [2.45, 2.75) is 20.8 Å². The SMILES string of the molecule is Cn1cccc1C(=O)NCC(C)(C)C. The molecule has 0 atom stereocenters. The molecule has 0 bridgehead atoms. The van der Waals surface area contributed by atoms with Crippen molar-refractivity contribution in [2.24, 2.45) is 12.5 Å². The molecule has 0 aliphatic rings. The molecule has 0 aromatic carbocycles. The average molecular weight is 194 g/mol. The molecule has 78 valence electrons. The Balaban J connectivity index is 2.56. The Morgan fingerprint density at radius 1 is 1.50 bits per heavy atom. The van der Waals surface area contributed by atoms with Gasteiger partial charge in [-0.2, -0.15) is 0 Å². The molecule has 14 heavy (non-hydrogen) atoms. The van der Waals surface area contributed by atoms with Crippen LogP contribution >= 0.6 is 0 Å². The summed E-state index contributed by atoms with van der Waals surface area (Å²) in [6.45, 7) is 6.98. The first kappa shape index (κ1) is 10.8. The maximum absolute atomic E-state index is 11.6. The second-order valence-electron chi connectivity index (χ2n) is 4.75. The van der Waals surface area contributed by atoms with Gasteiger partial charge in [-0.1, -0.05) is 20.8 Å². The van der Waals surface area contributed by atoms with Crippen molar-refractivity contribution >= 4 is 5.91 Å². The lowest BCUT2D eigenvalue weighted by Gasteiger charge is -2.18. The van der Waals surface area contributed by atoms with Crippen LogP contribution < -0.4 is 5.32 Å². The van der Waals surface area contributed by atoms with Gasteiger partial charge in [0.15, 0.2) is 0 Å². The van der Waals surface area contributed by atoms with Crippen LogP contribution in [0.5, 0.6) is 0 Å². The lowest BCUT2D eigenvalue weighted by Crippen LogP contribution is -2.33. The van der Waals surface area contributed by atoms with Crippen LogP contribution in [0.3, 0.4) is 0 Å². The minimum atomic E-state index is -0.00701. The van der Waals surface area contributed by atoms with Gasteiger partial charge in [0.1, 0.15) is 5.69 Å². The third kappa shape index (κ3) is 2.91. The monoisotopic (exact) mass is 194 g/mol. The Labute approximate surface area is 85.1 Å². The molecule has 1 heterocycles. The van der Waals surface area contributed by atoms with E-state index in [1.165, 1.54) is 0 Å². The Kier molecular flexibility index (Phi) is 2.99. The summed E-state index contributed by atoms with van der Waals surface area (Å²) < 4.78 is 1.82. The minimum absolute atomic E-state index is 0.00701. The lowest BCUT2D eigenvalue weighted by atomic mass is 9.97. The number of aryl methyl sites for hydroxylation is 1. The molecule has 0 fully saturated rings. The lowest BCUT2D eigenvalue weighted by molar-refractivity contribution is 0.0931. The van der Waals surface area contributed by atoms with E-state index in [4.69, 9.17) is 0 Å².